The molecule has 0 bridgehead atoms. The minimum absolute atomic E-state index is 0.791. The first-order valence-corrected chi connectivity index (χ1v) is 7.55. The Morgan fingerprint density at radius 3 is 2.59 bits per heavy atom. The summed E-state index contributed by atoms with van der Waals surface area (Å²) in [6.45, 7) is 1.90. The van der Waals surface area contributed by atoms with Crippen LogP contribution in [0.2, 0.25) is 0 Å². The van der Waals surface area contributed by atoms with Gasteiger partial charge in [-0.05, 0) is 60.6 Å². The van der Waals surface area contributed by atoms with E-state index in [9.17, 15) is 0 Å². The molecule has 0 radical (unpaired) electrons. The minimum Gasteiger partial charge on any atom is -0.492 e. The molecule has 0 aliphatic rings. The smallest absolute Gasteiger partial charge is 0.133 e. The van der Waals surface area contributed by atoms with E-state index in [4.69, 9.17) is 4.74 Å². The lowest BCUT2D eigenvalue weighted by Crippen LogP contribution is -2.07. The molecule has 1 N–H and O–H groups in total. The van der Waals surface area contributed by atoms with Crippen LogP contribution in [-0.4, -0.2) is 20.2 Å². The number of rotatable bonds is 8. The molecule has 0 aliphatic carbocycles. The van der Waals surface area contributed by atoms with Crippen molar-refractivity contribution in [3.63, 3.8) is 0 Å². The zero-order valence-electron chi connectivity index (χ0n) is 10.1. The van der Waals surface area contributed by atoms with Crippen molar-refractivity contribution in [1.29, 1.82) is 0 Å². The van der Waals surface area contributed by atoms with Crippen LogP contribution in [0.5, 0.6) is 5.75 Å². The number of benzene rings is 1. The number of hydrogen-bond donors (Lipinski definition) is 1. The van der Waals surface area contributed by atoms with E-state index in [1.165, 1.54) is 19.3 Å². The molecule has 1 aromatic rings. The van der Waals surface area contributed by atoms with Gasteiger partial charge in [-0.25, -0.2) is 0 Å². The Morgan fingerprint density at radius 1 is 1.12 bits per heavy atom. The fourth-order valence-electron chi connectivity index (χ4n) is 1.53. The van der Waals surface area contributed by atoms with Gasteiger partial charge < -0.3 is 10.1 Å². The van der Waals surface area contributed by atoms with Crippen LogP contribution in [0.3, 0.4) is 0 Å². The lowest BCUT2D eigenvalue weighted by atomic mass is 10.2. The maximum Gasteiger partial charge on any atom is 0.133 e. The highest BCUT2D eigenvalue weighted by Crippen LogP contribution is 2.28. The first-order chi connectivity index (χ1) is 8.24. The average molecular weight is 365 g/mol. The summed E-state index contributed by atoms with van der Waals surface area (Å²) in [6.07, 6.45) is 4.87. The second-order valence-corrected chi connectivity index (χ2v) is 5.71. The molecule has 0 saturated carbocycles. The summed E-state index contributed by atoms with van der Waals surface area (Å²) in [7, 11) is 1.99. The quantitative estimate of drug-likeness (QED) is 0.691. The molecule has 4 heteroatoms. The van der Waals surface area contributed by atoms with Crippen molar-refractivity contribution in [3.05, 3.63) is 27.1 Å². The molecule has 1 rings (SSSR count). The first kappa shape index (κ1) is 15.0. The Hall–Kier alpha value is -0.0600. The highest BCUT2D eigenvalue weighted by Gasteiger charge is 2.01. The number of nitrogens with one attached hydrogen (secondary N) is 1. The molecular weight excluding hydrogens is 346 g/mol. The van der Waals surface area contributed by atoms with Crippen molar-refractivity contribution >= 4 is 31.9 Å². The molecule has 0 unspecified atom stereocenters. The van der Waals surface area contributed by atoms with E-state index in [1.54, 1.807) is 0 Å². The van der Waals surface area contributed by atoms with Gasteiger partial charge in [0.15, 0.2) is 0 Å². The molecule has 96 valence electrons. The van der Waals surface area contributed by atoms with E-state index in [1.807, 2.05) is 25.2 Å². The van der Waals surface area contributed by atoms with Gasteiger partial charge in [0, 0.05) is 4.47 Å². The van der Waals surface area contributed by atoms with Crippen LogP contribution in [-0.2, 0) is 0 Å². The van der Waals surface area contributed by atoms with Crippen LogP contribution in [0.4, 0.5) is 0 Å². The van der Waals surface area contributed by atoms with Gasteiger partial charge >= 0.3 is 0 Å². The Balaban J connectivity index is 2.14. The maximum absolute atomic E-state index is 5.71. The summed E-state index contributed by atoms with van der Waals surface area (Å²) in [5, 5.41) is 3.16. The van der Waals surface area contributed by atoms with Gasteiger partial charge in [0.1, 0.15) is 5.75 Å². The fourth-order valence-corrected chi connectivity index (χ4v) is 2.69. The van der Waals surface area contributed by atoms with Crippen molar-refractivity contribution in [1.82, 2.24) is 5.32 Å². The van der Waals surface area contributed by atoms with Crippen LogP contribution < -0.4 is 10.1 Å². The van der Waals surface area contributed by atoms with Crippen molar-refractivity contribution in [2.45, 2.75) is 25.7 Å². The third kappa shape index (κ3) is 6.43. The standard InChI is InChI=1S/C13H19Br2NO/c1-16-8-4-2-3-5-9-17-13-7-6-11(14)10-12(13)15/h6-7,10,16H,2-5,8-9H2,1H3. The molecule has 0 fully saturated rings. The van der Waals surface area contributed by atoms with E-state index < -0.39 is 0 Å². The lowest BCUT2D eigenvalue weighted by Gasteiger charge is -2.08. The van der Waals surface area contributed by atoms with Gasteiger partial charge in [-0.2, -0.15) is 0 Å². The SMILES string of the molecule is CNCCCCCCOc1ccc(Br)cc1Br. The summed E-state index contributed by atoms with van der Waals surface area (Å²) in [5.41, 5.74) is 0. The van der Waals surface area contributed by atoms with Crippen LogP contribution in [0.1, 0.15) is 25.7 Å². The molecule has 2 nitrogen and oxygen atoms in total. The Labute approximate surface area is 120 Å². The third-order valence-electron chi connectivity index (χ3n) is 2.47. The minimum atomic E-state index is 0.791. The molecule has 17 heavy (non-hydrogen) atoms. The Morgan fingerprint density at radius 2 is 1.88 bits per heavy atom. The number of halogens is 2. The van der Waals surface area contributed by atoms with Gasteiger partial charge in [-0.3, -0.25) is 0 Å². The van der Waals surface area contributed by atoms with Gasteiger partial charge in [-0.15, -0.1) is 0 Å². The number of ether oxygens (including phenoxy) is 1. The third-order valence-corrected chi connectivity index (χ3v) is 3.59. The zero-order valence-corrected chi connectivity index (χ0v) is 13.3. The summed E-state index contributed by atoms with van der Waals surface area (Å²) in [4.78, 5) is 0. The van der Waals surface area contributed by atoms with Gasteiger partial charge in [0.05, 0.1) is 11.1 Å². The predicted octanol–water partition coefficient (Wildman–Crippen LogP) is 4.37. The molecule has 0 spiro atoms. The summed E-state index contributed by atoms with van der Waals surface area (Å²) in [5.74, 6) is 0.920. The highest BCUT2D eigenvalue weighted by atomic mass is 79.9. The maximum atomic E-state index is 5.71. The molecule has 0 atom stereocenters. The van der Waals surface area contributed by atoms with Crippen LogP contribution in [0.25, 0.3) is 0 Å². The summed E-state index contributed by atoms with van der Waals surface area (Å²) < 4.78 is 7.78. The zero-order chi connectivity index (χ0) is 12.5. The molecule has 0 amide bonds. The Bertz CT molecular complexity index is 331. The predicted molar refractivity (Wildman–Crippen MR) is 79.7 cm³/mol. The summed E-state index contributed by atoms with van der Waals surface area (Å²) >= 11 is 6.91. The van der Waals surface area contributed by atoms with Gasteiger partial charge in [-0.1, -0.05) is 28.8 Å². The molecule has 0 aromatic heterocycles. The van der Waals surface area contributed by atoms with Gasteiger partial charge in [0.2, 0.25) is 0 Å². The molecule has 0 aliphatic heterocycles. The van der Waals surface area contributed by atoms with Crippen LogP contribution >= 0.6 is 31.9 Å². The van der Waals surface area contributed by atoms with Crippen molar-refractivity contribution < 1.29 is 4.74 Å². The number of unbranched alkanes of at least 4 members (excludes halogenated alkanes) is 3. The Kier molecular flexibility index (Phi) is 7.90. The molecule has 0 saturated heterocycles. The van der Waals surface area contributed by atoms with Crippen molar-refractivity contribution in [3.8, 4) is 5.75 Å². The van der Waals surface area contributed by atoms with E-state index in [0.29, 0.717) is 0 Å². The molecule has 0 heterocycles. The largest absolute Gasteiger partial charge is 0.492 e. The van der Waals surface area contributed by atoms with Crippen LogP contribution in [0.15, 0.2) is 27.1 Å². The fraction of sp³-hybridized carbons (Fsp3) is 0.538. The monoisotopic (exact) mass is 363 g/mol. The van der Waals surface area contributed by atoms with E-state index in [2.05, 4.69) is 37.2 Å². The van der Waals surface area contributed by atoms with Crippen LogP contribution in [0, 0.1) is 0 Å². The van der Waals surface area contributed by atoms with E-state index >= 15 is 0 Å². The van der Waals surface area contributed by atoms with E-state index in [-0.39, 0.29) is 0 Å². The summed E-state index contributed by atoms with van der Waals surface area (Å²) in [6, 6.07) is 5.98. The topological polar surface area (TPSA) is 21.3 Å². The normalized spacial score (nSPS) is 10.5. The average Bonchev–Trinajstić information content (AvgIpc) is 2.30. The van der Waals surface area contributed by atoms with Gasteiger partial charge in [0.25, 0.3) is 0 Å². The first-order valence-electron chi connectivity index (χ1n) is 5.96. The molecular formula is C13H19Br2NO. The second kappa shape index (κ2) is 8.95. The van der Waals surface area contributed by atoms with Crippen molar-refractivity contribution in [2.75, 3.05) is 20.2 Å². The van der Waals surface area contributed by atoms with Crippen molar-refractivity contribution in [2.24, 2.45) is 0 Å². The molecule has 1 aromatic carbocycles. The number of hydrogen-bond acceptors (Lipinski definition) is 2. The highest BCUT2D eigenvalue weighted by molar-refractivity contribution is 9.11. The second-order valence-electron chi connectivity index (χ2n) is 3.94. The van der Waals surface area contributed by atoms with E-state index in [0.717, 1.165) is 34.3 Å². The lowest BCUT2D eigenvalue weighted by molar-refractivity contribution is 0.303.